The van der Waals surface area contributed by atoms with Crippen molar-refractivity contribution in [2.75, 3.05) is 25.6 Å². The highest BCUT2D eigenvalue weighted by Crippen LogP contribution is 2.30. The van der Waals surface area contributed by atoms with Crippen molar-refractivity contribution >= 4 is 11.6 Å². The fraction of sp³-hybridized carbons (Fsp3) is 0.474. The lowest BCUT2D eigenvalue weighted by atomic mass is 10.1. The number of hydrogen-bond acceptors (Lipinski definition) is 5. The molecule has 1 saturated heterocycles. The van der Waals surface area contributed by atoms with Crippen LogP contribution in [-0.2, 0) is 11.2 Å². The Hall–Kier alpha value is -2.34. The zero-order valence-electron chi connectivity index (χ0n) is 15.0. The topological polar surface area (TPSA) is 67.6 Å². The molecule has 0 unspecified atom stereocenters. The maximum Gasteiger partial charge on any atom is 0.273 e. The number of nitrogens with zero attached hydrogens (tertiary/aromatic N) is 2. The van der Waals surface area contributed by atoms with Crippen molar-refractivity contribution < 1.29 is 13.9 Å². The van der Waals surface area contributed by atoms with Gasteiger partial charge in [0.25, 0.3) is 5.91 Å². The van der Waals surface area contributed by atoms with Gasteiger partial charge < -0.3 is 19.4 Å². The molecule has 6 nitrogen and oxygen atoms in total. The lowest BCUT2D eigenvalue weighted by Crippen LogP contribution is -2.35. The molecule has 1 aliphatic rings. The number of hydrogen-bond donors (Lipinski definition) is 1. The van der Waals surface area contributed by atoms with E-state index < -0.39 is 0 Å². The van der Waals surface area contributed by atoms with E-state index in [4.69, 9.17) is 9.15 Å². The van der Waals surface area contributed by atoms with E-state index in [0.717, 1.165) is 24.9 Å². The third-order valence-electron chi connectivity index (χ3n) is 4.40. The summed E-state index contributed by atoms with van der Waals surface area (Å²) < 4.78 is 11.0. The van der Waals surface area contributed by atoms with E-state index in [1.807, 2.05) is 21.0 Å². The van der Waals surface area contributed by atoms with Crippen LogP contribution in [0.2, 0.25) is 0 Å². The SMILES string of the molecule is C[C@@H](Cc1ccc(N(C)C)cc1)NC(=O)c1ncoc1[C@@H]1CCCO1. The zero-order valence-corrected chi connectivity index (χ0v) is 15.0. The molecule has 1 N–H and O–H groups in total. The molecule has 3 rings (SSSR count). The standard InChI is InChI=1S/C19H25N3O3/c1-13(11-14-6-8-15(9-7-14)22(2)3)21-19(23)17-18(25-12-20-17)16-5-4-10-24-16/h6-9,12-13,16H,4-5,10-11H2,1-3H3,(H,21,23)/t13-,16-/m0/s1. The van der Waals surface area contributed by atoms with Crippen LogP contribution in [0.15, 0.2) is 35.1 Å². The molecule has 6 heteroatoms. The molecule has 1 aromatic heterocycles. The fourth-order valence-electron chi connectivity index (χ4n) is 3.07. The molecule has 25 heavy (non-hydrogen) atoms. The van der Waals surface area contributed by atoms with Gasteiger partial charge in [0.2, 0.25) is 0 Å². The Balaban J connectivity index is 1.60. The highest BCUT2D eigenvalue weighted by molar-refractivity contribution is 5.93. The van der Waals surface area contributed by atoms with E-state index in [1.165, 1.54) is 12.0 Å². The van der Waals surface area contributed by atoms with Crippen molar-refractivity contribution in [3.8, 4) is 0 Å². The Bertz CT molecular complexity index is 703. The summed E-state index contributed by atoms with van der Waals surface area (Å²) >= 11 is 0. The highest BCUT2D eigenvalue weighted by Gasteiger charge is 2.28. The lowest BCUT2D eigenvalue weighted by Gasteiger charge is -2.16. The number of ether oxygens (including phenoxy) is 1. The minimum absolute atomic E-state index is 0.00764. The molecule has 1 amide bonds. The van der Waals surface area contributed by atoms with Crippen LogP contribution < -0.4 is 10.2 Å². The van der Waals surface area contributed by atoms with Crippen LogP contribution >= 0.6 is 0 Å². The number of benzene rings is 1. The summed E-state index contributed by atoms with van der Waals surface area (Å²) in [7, 11) is 4.03. The van der Waals surface area contributed by atoms with Crippen molar-refractivity contribution in [1.82, 2.24) is 10.3 Å². The normalized spacial score (nSPS) is 18.1. The van der Waals surface area contributed by atoms with Crippen molar-refractivity contribution in [1.29, 1.82) is 0 Å². The molecule has 1 aliphatic heterocycles. The van der Waals surface area contributed by atoms with Gasteiger partial charge in [0, 0.05) is 32.4 Å². The fourth-order valence-corrected chi connectivity index (χ4v) is 3.07. The molecular formula is C19H25N3O3. The summed E-state index contributed by atoms with van der Waals surface area (Å²) in [5.74, 6) is 0.328. The predicted molar refractivity (Wildman–Crippen MR) is 95.8 cm³/mol. The Morgan fingerprint density at radius 1 is 1.36 bits per heavy atom. The number of amides is 1. The summed E-state index contributed by atoms with van der Waals surface area (Å²) in [6, 6.07) is 8.33. The first kappa shape index (κ1) is 17.5. The van der Waals surface area contributed by atoms with Crippen molar-refractivity contribution in [3.63, 3.8) is 0 Å². The van der Waals surface area contributed by atoms with Crippen LogP contribution in [0.25, 0.3) is 0 Å². The second kappa shape index (κ2) is 7.70. The second-order valence-electron chi connectivity index (χ2n) is 6.71. The summed E-state index contributed by atoms with van der Waals surface area (Å²) in [6.45, 7) is 2.69. The smallest absolute Gasteiger partial charge is 0.273 e. The highest BCUT2D eigenvalue weighted by atomic mass is 16.5. The minimum atomic E-state index is -0.211. The lowest BCUT2D eigenvalue weighted by molar-refractivity contribution is 0.0854. The molecule has 0 radical (unpaired) electrons. The Morgan fingerprint density at radius 2 is 2.12 bits per heavy atom. The average molecular weight is 343 g/mol. The molecule has 2 aromatic rings. The molecule has 2 atom stereocenters. The maximum absolute atomic E-state index is 12.5. The molecule has 0 bridgehead atoms. The van der Waals surface area contributed by atoms with E-state index in [-0.39, 0.29) is 18.1 Å². The van der Waals surface area contributed by atoms with E-state index >= 15 is 0 Å². The molecule has 0 spiro atoms. The molecule has 0 aliphatic carbocycles. The van der Waals surface area contributed by atoms with Gasteiger partial charge in [-0.1, -0.05) is 12.1 Å². The van der Waals surface area contributed by atoms with Gasteiger partial charge in [-0.05, 0) is 43.9 Å². The van der Waals surface area contributed by atoms with Gasteiger partial charge in [-0.3, -0.25) is 4.79 Å². The van der Waals surface area contributed by atoms with Gasteiger partial charge in [0.15, 0.2) is 17.8 Å². The number of nitrogens with one attached hydrogen (secondary N) is 1. The summed E-state index contributed by atoms with van der Waals surface area (Å²) in [4.78, 5) is 18.7. The van der Waals surface area contributed by atoms with Gasteiger partial charge in [0.05, 0.1) is 0 Å². The van der Waals surface area contributed by atoms with E-state index in [9.17, 15) is 4.79 Å². The van der Waals surface area contributed by atoms with Gasteiger partial charge in [0.1, 0.15) is 6.10 Å². The summed E-state index contributed by atoms with van der Waals surface area (Å²) in [6.07, 6.45) is 3.76. The van der Waals surface area contributed by atoms with Gasteiger partial charge in [-0.2, -0.15) is 0 Å². The van der Waals surface area contributed by atoms with E-state index in [0.29, 0.717) is 18.1 Å². The Morgan fingerprint density at radius 3 is 2.76 bits per heavy atom. The number of aromatic nitrogens is 1. The quantitative estimate of drug-likeness (QED) is 0.873. The van der Waals surface area contributed by atoms with Crippen LogP contribution in [0.3, 0.4) is 0 Å². The summed E-state index contributed by atoms with van der Waals surface area (Å²) in [5.41, 5.74) is 2.67. The third kappa shape index (κ3) is 4.20. The monoisotopic (exact) mass is 343 g/mol. The zero-order chi connectivity index (χ0) is 17.8. The van der Waals surface area contributed by atoms with Gasteiger partial charge in [-0.25, -0.2) is 4.98 Å². The van der Waals surface area contributed by atoms with Crippen LogP contribution in [-0.4, -0.2) is 37.6 Å². The minimum Gasteiger partial charge on any atom is -0.445 e. The van der Waals surface area contributed by atoms with Crippen LogP contribution in [0.1, 0.15) is 47.7 Å². The number of oxazole rings is 1. The molecule has 134 valence electrons. The summed E-state index contributed by atoms with van der Waals surface area (Å²) in [5, 5.41) is 3.00. The molecule has 1 fully saturated rings. The Labute approximate surface area is 148 Å². The molecule has 1 aromatic carbocycles. The largest absolute Gasteiger partial charge is 0.445 e. The van der Waals surface area contributed by atoms with Gasteiger partial charge in [-0.15, -0.1) is 0 Å². The first-order valence-electron chi connectivity index (χ1n) is 8.66. The predicted octanol–water partition coefficient (Wildman–Crippen LogP) is 2.95. The van der Waals surface area contributed by atoms with E-state index in [1.54, 1.807) is 0 Å². The number of carbonyl (C=O) groups is 1. The van der Waals surface area contributed by atoms with Crippen molar-refractivity contribution in [2.24, 2.45) is 0 Å². The molecule has 2 heterocycles. The van der Waals surface area contributed by atoms with Crippen molar-refractivity contribution in [3.05, 3.63) is 47.7 Å². The molecular weight excluding hydrogens is 318 g/mol. The second-order valence-corrected chi connectivity index (χ2v) is 6.71. The molecule has 0 saturated carbocycles. The Kier molecular flexibility index (Phi) is 5.38. The first-order chi connectivity index (χ1) is 12.0. The maximum atomic E-state index is 12.5. The van der Waals surface area contributed by atoms with Crippen LogP contribution in [0, 0.1) is 0 Å². The average Bonchev–Trinajstić information content (AvgIpc) is 3.26. The third-order valence-corrected chi connectivity index (χ3v) is 4.40. The number of rotatable bonds is 6. The van der Waals surface area contributed by atoms with Crippen molar-refractivity contribution in [2.45, 2.75) is 38.3 Å². The number of carbonyl (C=O) groups excluding carboxylic acids is 1. The first-order valence-corrected chi connectivity index (χ1v) is 8.66. The van der Waals surface area contributed by atoms with Crippen LogP contribution in [0.5, 0.6) is 0 Å². The number of anilines is 1. The van der Waals surface area contributed by atoms with Crippen LogP contribution in [0.4, 0.5) is 5.69 Å². The van der Waals surface area contributed by atoms with E-state index in [2.05, 4.69) is 39.5 Å². The van der Waals surface area contributed by atoms with Gasteiger partial charge >= 0.3 is 0 Å².